The van der Waals surface area contributed by atoms with Gasteiger partial charge < -0.3 is 4.42 Å². The van der Waals surface area contributed by atoms with Crippen molar-refractivity contribution >= 4 is 22.9 Å². The van der Waals surface area contributed by atoms with Gasteiger partial charge in [-0.1, -0.05) is 29.8 Å². The Labute approximate surface area is 156 Å². The maximum absolute atomic E-state index is 6.27. The molecule has 0 radical (unpaired) electrons. The van der Waals surface area contributed by atoms with Gasteiger partial charge in [0, 0.05) is 17.5 Å². The van der Waals surface area contributed by atoms with E-state index in [0.29, 0.717) is 11.8 Å². The molecule has 3 aromatic rings. The average molecular weight is 374 g/mol. The molecule has 0 atom stereocenters. The first-order chi connectivity index (χ1) is 12.2. The molecule has 130 valence electrons. The molecule has 1 saturated heterocycles. The summed E-state index contributed by atoms with van der Waals surface area (Å²) in [6.07, 6.45) is 2.07. The van der Waals surface area contributed by atoms with Crippen molar-refractivity contribution in [2.45, 2.75) is 32.2 Å². The summed E-state index contributed by atoms with van der Waals surface area (Å²) in [5, 5.41) is 11.5. The van der Waals surface area contributed by atoms with Gasteiger partial charge >= 0.3 is 0 Å². The molecule has 2 aromatic heterocycles. The molecule has 4 nitrogen and oxygen atoms in total. The van der Waals surface area contributed by atoms with Crippen LogP contribution in [0.2, 0.25) is 5.02 Å². The number of thiophene rings is 1. The number of benzene rings is 1. The van der Waals surface area contributed by atoms with Crippen molar-refractivity contribution in [2.75, 3.05) is 13.1 Å². The number of piperidine rings is 1. The first-order valence-corrected chi connectivity index (χ1v) is 9.80. The van der Waals surface area contributed by atoms with Crippen LogP contribution in [0.1, 0.15) is 35.8 Å². The smallest absolute Gasteiger partial charge is 0.258 e. The Morgan fingerprint density at radius 2 is 2.00 bits per heavy atom. The number of hydrogen-bond acceptors (Lipinski definition) is 5. The van der Waals surface area contributed by atoms with E-state index in [1.807, 2.05) is 18.2 Å². The summed E-state index contributed by atoms with van der Waals surface area (Å²) in [5.74, 6) is 1.78. The highest BCUT2D eigenvalue weighted by atomic mass is 35.5. The van der Waals surface area contributed by atoms with Crippen LogP contribution in [0, 0.1) is 6.92 Å². The summed E-state index contributed by atoms with van der Waals surface area (Å²) < 4.78 is 5.97. The second-order valence-electron chi connectivity index (χ2n) is 6.52. The highest BCUT2D eigenvalue weighted by molar-refractivity contribution is 7.13. The highest BCUT2D eigenvalue weighted by Gasteiger charge is 2.26. The van der Waals surface area contributed by atoms with E-state index in [1.54, 1.807) is 11.3 Å². The molecule has 1 aliphatic rings. The summed E-state index contributed by atoms with van der Waals surface area (Å²) >= 11 is 7.92. The van der Waals surface area contributed by atoms with Crippen LogP contribution in [0.4, 0.5) is 0 Å². The lowest BCUT2D eigenvalue weighted by Gasteiger charge is -2.30. The summed E-state index contributed by atoms with van der Waals surface area (Å²) in [6, 6.07) is 10.1. The van der Waals surface area contributed by atoms with Crippen molar-refractivity contribution in [3.63, 3.8) is 0 Å². The van der Waals surface area contributed by atoms with E-state index in [-0.39, 0.29) is 0 Å². The zero-order valence-corrected chi connectivity index (χ0v) is 15.7. The molecule has 1 fully saturated rings. The molecule has 1 aliphatic heterocycles. The van der Waals surface area contributed by atoms with Crippen LogP contribution in [0.25, 0.3) is 10.8 Å². The Hall–Kier alpha value is -1.69. The molecular formula is C19H20ClN3OS. The van der Waals surface area contributed by atoms with E-state index in [1.165, 1.54) is 11.1 Å². The second kappa shape index (κ2) is 7.28. The Morgan fingerprint density at radius 1 is 1.20 bits per heavy atom. The minimum Gasteiger partial charge on any atom is -0.420 e. The van der Waals surface area contributed by atoms with Crippen LogP contribution in [0.3, 0.4) is 0 Å². The van der Waals surface area contributed by atoms with Crippen LogP contribution < -0.4 is 0 Å². The lowest BCUT2D eigenvalue weighted by atomic mass is 9.96. The Balaban J connectivity index is 1.38. The van der Waals surface area contributed by atoms with E-state index in [0.717, 1.165) is 48.3 Å². The summed E-state index contributed by atoms with van der Waals surface area (Å²) in [6.45, 7) is 5.01. The number of aromatic nitrogens is 2. The molecule has 0 amide bonds. The van der Waals surface area contributed by atoms with Crippen molar-refractivity contribution < 1.29 is 4.42 Å². The van der Waals surface area contributed by atoms with Crippen LogP contribution in [-0.2, 0) is 6.54 Å². The summed E-state index contributed by atoms with van der Waals surface area (Å²) in [4.78, 5) is 3.52. The second-order valence-corrected chi connectivity index (χ2v) is 7.84. The number of aryl methyl sites for hydroxylation is 1. The fourth-order valence-corrected chi connectivity index (χ4v) is 4.33. The molecule has 4 rings (SSSR count). The predicted octanol–water partition coefficient (Wildman–Crippen LogP) is 5.14. The van der Waals surface area contributed by atoms with Crippen LogP contribution in [-0.4, -0.2) is 28.2 Å². The van der Waals surface area contributed by atoms with Crippen LogP contribution >= 0.6 is 22.9 Å². The SMILES string of the molecule is Cc1ccsc1-c1nnc(C2CCN(Cc3ccccc3Cl)CC2)o1. The summed E-state index contributed by atoms with van der Waals surface area (Å²) in [7, 11) is 0. The third-order valence-corrected chi connectivity index (χ3v) is 6.16. The molecule has 6 heteroatoms. The van der Waals surface area contributed by atoms with Gasteiger partial charge in [0.1, 0.15) is 0 Å². The maximum Gasteiger partial charge on any atom is 0.258 e. The first kappa shape index (κ1) is 16.8. The largest absolute Gasteiger partial charge is 0.420 e. The van der Waals surface area contributed by atoms with Gasteiger partial charge in [-0.15, -0.1) is 21.5 Å². The number of likely N-dealkylation sites (tertiary alicyclic amines) is 1. The van der Waals surface area contributed by atoms with Gasteiger partial charge in [-0.05, 0) is 61.5 Å². The minimum absolute atomic E-state index is 0.351. The van der Waals surface area contributed by atoms with E-state index in [2.05, 4.69) is 39.5 Å². The van der Waals surface area contributed by atoms with E-state index >= 15 is 0 Å². The topological polar surface area (TPSA) is 42.2 Å². The van der Waals surface area contributed by atoms with Gasteiger partial charge in [0.25, 0.3) is 5.89 Å². The molecule has 0 N–H and O–H groups in total. The highest BCUT2D eigenvalue weighted by Crippen LogP contribution is 2.33. The maximum atomic E-state index is 6.27. The minimum atomic E-state index is 0.351. The molecule has 25 heavy (non-hydrogen) atoms. The Bertz CT molecular complexity index is 852. The van der Waals surface area contributed by atoms with Gasteiger partial charge in [-0.25, -0.2) is 0 Å². The molecule has 0 bridgehead atoms. The third kappa shape index (κ3) is 3.64. The van der Waals surface area contributed by atoms with Gasteiger partial charge in [0.2, 0.25) is 5.89 Å². The number of hydrogen-bond donors (Lipinski definition) is 0. The monoisotopic (exact) mass is 373 g/mol. The van der Waals surface area contributed by atoms with Crippen molar-refractivity contribution in [3.05, 3.63) is 57.8 Å². The van der Waals surface area contributed by atoms with Gasteiger partial charge in [0.15, 0.2) is 0 Å². The lowest BCUT2D eigenvalue weighted by molar-refractivity contribution is 0.193. The number of halogens is 1. The van der Waals surface area contributed by atoms with E-state index < -0.39 is 0 Å². The van der Waals surface area contributed by atoms with Crippen molar-refractivity contribution in [3.8, 4) is 10.8 Å². The molecule has 0 aliphatic carbocycles. The van der Waals surface area contributed by atoms with Crippen molar-refractivity contribution in [1.29, 1.82) is 0 Å². The normalized spacial score (nSPS) is 16.4. The van der Waals surface area contributed by atoms with Crippen molar-refractivity contribution in [1.82, 2.24) is 15.1 Å². The van der Waals surface area contributed by atoms with Crippen LogP contribution in [0.15, 0.2) is 40.1 Å². The Morgan fingerprint density at radius 3 is 2.72 bits per heavy atom. The lowest BCUT2D eigenvalue weighted by Crippen LogP contribution is -2.32. The molecule has 0 unspecified atom stereocenters. The molecule has 0 saturated carbocycles. The first-order valence-electron chi connectivity index (χ1n) is 8.54. The van der Waals surface area contributed by atoms with Gasteiger partial charge in [0.05, 0.1) is 4.88 Å². The van der Waals surface area contributed by atoms with Crippen molar-refractivity contribution in [2.24, 2.45) is 0 Å². The molecular weight excluding hydrogens is 354 g/mol. The quantitative estimate of drug-likeness (QED) is 0.635. The standard InChI is InChI=1S/C19H20ClN3OS/c1-13-8-11-25-17(13)19-22-21-18(24-19)14-6-9-23(10-7-14)12-15-4-2-3-5-16(15)20/h2-5,8,11,14H,6-7,9-10,12H2,1H3. The molecule has 0 spiro atoms. The third-order valence-electron chi connectivity index (χ3n) is 4.79. The molecule has 3 heterocycles. The zero-order valence-electron chi connectivity index (χ0n) is 14.1. The predicted molar refractivity (Wildman–Crippen MR) is 101 cm³/mol. The van der Waals surface area contributed by atoms with Gasteiger partial charge in [-0.2, -0.15) is 0 Å². The fourth-order valence-electron chi connectivity index (χ4n) is 3.29. The summed E-state index contributed by atoms with van der Waals surface area (Å²) in [5.41, 5.74) is 2.38. The number of rotatable bonds is 4. The fraction of sp³-hybridized carbons (Fsp3) is 0.368. The van der Waals surface area contributed by atoms with Gasteiger partial charge in [-0.3, -0.25) is 4.90 Å². The Kier molecular flexibility index (Phi) is 4.88. The number of nitrogens with zero attached hydrogens (tertiary/aromatic N) is 3. The van der Waals surface area contributed by atoms with E-state index in [9.17, 15) is 0 Å². The van der Waals surface area contributed by atoms with E-state index in [4.69, 9.17) is 16.0 Å². The molecule has 1 aromatic carbocycles. The van der Waals surface area contributed by atoms with Crippen LogP contribution in [0.5, 0.6) is 0 Å². The zero-order chi connectivity index (χ0) is 17.2. The average Bonchev–Trinajstić information content (AvgIpc) is 3.26.